The Balaban J connectivity index is 1.52. The van der Waals surface area contributed by atoms with Crippen LogP contribution >= 0.6 is 0 Å². The number of benzene rings is 1. The van der Waals surface area contributed by atoms with Gasteiger partial charge in [0.25, 0.3) is 11.7 Å². The molecular formula is C24H22N4O5. The lowest BCUT2D eigenvalue weighted by atomic mass is 9.98. The number of imidazole rings is 1. The van der Waals surface area contributed by atoms with Crippen LogP contribution in [-0.4, -0.2) is 56.0 Å². The monoisotopic (exact) mass is 446 g/mol. The van der Waals surface area contributed by atoms with Crippen LogP contribution in [0.2, 0.25) is 0 Å². The number of amides is 1. The number of aliphatic hydroxyl groups is 1. The molecule has 1 saturated heterocycles. The van der Waals surface area contributed by atoms with Crippen molar-refractivity contribution in [2.24, 2.45) is 0 Å². The van der Waals surface area contributed by atoms with Crippen LogP contribution in [0.4, 0.5) is 0 Å². The number of aliphatic hydroxyl groups excluding tert-OH is 1. The fourth-order valence-electron chi connectivity index (χ4n) is 4.14. The average Bonchev–Trinajstić information content (AvgIpc) is 3.46. The fourth-order valence-corrected chi connectivity index (χ4v) is 4.14. The van der Waals surface area contributed by atoms with Crippen LogP contribution in [0.3, 0.4) is 0 Å². The molecule has 2 aliphatic rings. The number of ketones is 1. The number of rotatable bonds is 6. The highest BCUT2D eigenvalue weighted by atomic mass is 16.6. The van der Waals surface area contributed by atoms with Gasteiger partial charge in [0.2, 0.25) is 0 Å². The van der Waals surface area contributed by atoms with Gasteiger partial charge in [-0.15, -0.1) is 0 Å². The number of fused-ring (bicyclic) bond motifs is 1. The number of ether oxygens (including phenoxy) is 2. The lowest BCUT2D eigenvalue weighted by Gasteiger charge is -2.24. The zero-order chi connectivity index (χ0) is 22.8. The third-order valence-corrected chi connectivity index (χ3v) is 5.70. The first kappa shape index (κ1) is 20.7. The second kappa shape index (κ2) is 8.78. The molecule has 5 rings (SSSR count). The molecule has 33 heavy (non-hydrogen) atoms. The summed E-state index contributed by atoms with van der Waals surface area (Å²) in [7, 11) is 0. The largest absolute Gasteiger partial charge is 0.507 e. The Morgan fingerprint density at radius 1 is 1.06 bits per heavy atom. The van der Waals surface area contributed by atoms with Crippen molar-refractivity contribution in [1.82, 2.24) is 19.4 Å². The second-order valence-corrected chi connectivity index (χ2v) is 7.76. The number of carbonyl (C=O) groups excluding carboxylic acids is 2. The molecule has 1 N–H and O–H groups in total. The lowest BCUT2D eigenvalue weighted by Crippen LogP contribution is -2.31. The highest BCUT2D eigenvalue weighted by Crippen LogP contribution is 2.40. The van der Waals surface area contributed by atoms with Crippen molar-refractivity contribution >= 4 is 17.4 Å². The quantitative estimate of drug-likeness (QED) is 0.352. The van der Waals surface area contributed by atoms with Gasteiger partial charge in [-0.05, 0) is 36.8 Å². The Labute approximate surface area is 189 Å². The van der Waals surface area contributed by atoms with Crippen molar-refractivity contribution in [3.63, 3.8) is 0 Å². The predicted molar refractivity (Wildman–Crippen MR) is 118 cm³/mol. The van der Waals surface area contributed by atoms with E-state index in [1.165, 1.54) is 4.90 Å². The zero-order valence-electron chi connectivity index (χ0n) is 17.8. The van der Waals surface area contributed by atoms with Gasteiger partial charge >= 0.3 is 0 Å². The van der Waals surface area contributed by atoms with E-state index < -0.39 is 17.7 Å². The van der Waals surface area contributed by atoms with Crippen LogP contribution in [0.15, 0.2) is 66.9 Å². The fraction of sp³-hybridized carbons (Fsp3) is 0.250. The summed E-state index contributed by atoms with van der Waals surface area (Å²) in [6.45, 7) is 1.80. The maximum atomic E-state index is 13.1. The summed E-state index contributed by atoms with van der Waals surface area (Å²) >= 11 is 0. The van der Waals surface area contributed by atoms with Gasteiger partial charge in [-0.3, -0.25) is 14.6 Å². The van der Waals surface area contributed by atoms with Crippen molar-refractivity contribution in [2.75, 3.05) is 19.8 Å². The summed E-state index contributed by atoms with van der Waals surface area (Å²) in [5, 5.41) is 11.2. The molecule has 0 aliphatic carbocycles. The molecule has 0 bridgehead atoms. The van der Waals surface area contributed by atoms with Crippen LogP contribution < -0.4 is 9.47 Å². The van der Waals surface area contributed by atoms with Crippen LogP contribution in [0.5, 0.6) is 11.5 Å². The summed E-state index contributed by atoms with van der Waals surface area (Å²) in [5.74, 6) is -0.609. The molecule has 0 spiro atoms. The van der Waals surface area contributed by atoms with E-state index in [0.717, 1.165) is 0 Å². The molecule has 168 valence electrons. The zero-order valence-corrected chi connectivity index (χ0v) is 17.8. The number of carbonyl (C=O) groups is 2. The number of Topliss-reactive ketones (excluding diaryl/α,β-unsaturated/α-hetero) is 1. The van der Waals surface area contributed by atoms with E-state index in [1.54, 1.807) is 55.1 Å². The van der Waals surface area contributed by atoms with E-state index in [2.05, 4.69) is 9.97 Å². The van der Waals surface area contributed by atoms with Gasteiger partial charge in [-0.2, -0.15) is 0 Å². The third kappa shape index (κ3) is 3.93. The highest BCUT2D eigenvalue weighted by molar-refractivity contribution is 6.46. The third-order valence-electron chi connectivity index (χ3n) is 5.70. The molecule has 1 aromatic carbocycles. The molecule has 2 aliphatic heterocycles. The van der Waals surface area contributed by atoms with Gasteiger partial charge in [0, 0.05) is 37.2 Å². The van der Waals surface area contributed by atoms with E-state index in [-0.39, 0.29) is 11.3 Å². The first-order valence-electron chi connectivity index (χ1n) is 10.7. The van der Waals surface area contributed by atoms with Gasteiger partial charge in [0.15, 0.2) is 11.5 Å². The minimum Gasteiger partial charge on any atom is -0.507 e. The Kier molecular flexibility index (Phi) is 5.52. The molecule has 9 nitrogen and oxygen atoms in total. The molecule has 4 heterocycles. The number of likely N-dealkylation sites (tertiary alicyclic amines) is 1. The maximum Gasteiger partial charge on any atom is 0.295 e. The Morgan fingerprint density at radius 3 is 2.67 bits per heavy atom. The topological polar surface area (TPSA) is 107 Å². The van der Waals surface area contributed by atoms with E-state index >= 15 is 0 Å². The number of hydrogen-bond acceptors (Lipinski definition) is 7. The molecule has 3 aromatic rings. The number of hydrogen-bond donors (Lipinski definition) is 1. The summed E-state index contributed by atoms with van der Waals surface area (Å²) in [6.07, 6.45) is 7.44. The summed E-state index contributed by atoms with van der Waals surface area (Å²) in [6, 6.07) is 9.45. The average molecular weight is 446 g/mol. The molecular weight excluding hydrogens is 424 g/mol. The number of aromatic nitrogens is 3. The molecule has 0 radical (unpaired) electrons. The van der Waals surface area contributed by atoms with E-state index in [0.29, 0.717) is 55.5 Å². The molecule has 1 atom stereocenters. The number of pyridine rings is 1. The van der Waals surface area contributed by atoms with Crippen LogP contribution in [0, 0.1) is 0 Å². The minimum absolute atomic E-state index is 0.0120. The molecule has 1 fully saturated rings. The minimum atomic E-state index is -0.790. The maximum absolute atomic E-state index is 13.1. The van der Waals surface area contributed by atoms with E-state index in [4.69, 9.17) is 9.47 Å². The highest BCUT2D eigenvalue weighted by Gasteiger charge is 2.46. The Bertz CT molecular complexity index is 1210. The second-order valence-electron chi connectivity index (χ2n) is 7.76. The molecule has 2 aromatic heterocycles. The smallest absolute Gasteiger partial charge is 0.295 e. The van der Waals surface area contributed by atoms with Crippen molar-refractivity contribution in [1.29, 1.82) is 0 Å². The number of aryl methyl sites for hydroxylation is 1. The SMILES string of the molecule is O=C1C(=O)N(CCCn2ccnc2)C(c2ccccn2)/C1=C(\O)c1ccc2c(c1)OCCO2. The van der Waals surface area contributed by atoms with Crippen LogP contribution in [0.1, 0.15) is 23.7 Å². The molecule has 9 heteroatoms. The standard InChI is InChI=1S/C24H22N4O5/c29-22(16-5-6-18-19(14-16)33-13-12-32-18)20-21(17-4-1-2-7-26-17)28(24(31)23(20)30)10-3-9-27-11-8-25-15-27/h1-2,4-8,11,14-15,21,29H,3,9-10,12-13H2/b22-20+. The van der Waals surface area contributed by atoms with Gasteiger partial charge in [0.1, 0.15) is 25.0 Å². The first-order valence-corrected chi connectivity index (χ1v) is 10.7. The molecule has 0 saturated carbocycles. The first-order chi connectivity index (χ1) is 16.1. The van der Waals surface area contributed by atoms with Crippen LogP contribution in [0.25, 0.3) is 5.76 Å². The van der Waals surface area contributed by atoms with Gasteiger partial charge in [-0.25, -0.2) is 4.98 Å². The van der Waals surface area contributed by atoms with E-state index in [1.807, 2.05) is 10.8 Å². The lowest BCUT2D eigenvalue weighted by molar-refractivity contribution is -0.140. The van der Waals surface area contributed by atoms with Crippen molar-refractivity contribution in [2.45, 2.75) is 19.0 Å². The predicted octanol–water partition coefficient (Wildman–Crippen LogP) is 2.56. The summed E-state index contributed by atoms with van der Waals surface area (Å²) in [4.78, 5) is 36.0. The van der Waals surface area contributed by atoms with Crippen molar-refractivity contribution in [3.8, 4) is 11.5 Å². The Hall–Kier alpha value is -4.14. The van der Waals surface area contributed by atoms with Crippen molar-refractivity contribution < 1.29 is 24.2 Å². The normalized spacial score (nSPS) is 19.2. The van der Waals surface area contributed by atoms with Crippen LogP contribution in [-0.2, 0) is 16.1 Å². The summed E-state index contributed by atoms with van der Waals surface area (Å²) < 4.78 is 13.0. The Morgan fingerprint density at radius 2 is 1.91 bits per heavy atom. The van der Waals surface area contributed by atoms with Gasteiger partial charge in [-0.1, -0.05) is 6.07 Å². The number of nitrogens with zero attached hydrogens (tertiary/aromatic N) is 4. The van der Waals surface area contributed by atoms with Gasteiger partial charge < -0.3 is 24.0 Å². The summed E-state index contributed by atoms with van der Waals surface area (Å²) in [5.41, 5.74) is 0.896. The van der Waals surface area contributed by atoms with E-state index in [9.17, 15) is 14.7 Å². The molecule has 1 amide bonds. The van der Waals surface area contributed by atoms with Gasteiger partial charge in [0.05, 0.1) is 17.6 Å². The molecule has 1 unspecified atom stereocenters. The van der Waals surface area contributed by atoms with Crippen molar-refractivity contribution in [3.05, 3.63) is 78.1 Å².